The Morgan fingerprint density at radius 1 is 0.478 bits per heavy atom. The van der Waals surface area contributed by atoms with Gasteiger partial charge in [-0.15, -0.1) is 0 Å². The minimum atomic E-state index is -0.536. The molecule has 1 aliphatic rings. The number of fused-ring (bicyclic) bond motifs is 6. The minimum absolute atomic E-state index is 0.536. The summed E-state index contributed by atoms with van der Waals surface area (Å²) in [6.07, 6.45) is 4.60. The summed E-state index contributed by atoms with van der Waals surface area (Å²) in [7, 11) is -0.536. The van der Waals surface area contributed by atoms with Crippen LogP contribution in [0.3, 0.4) is 0 Å². The molecule has 0 bridgehead atoms. The maximum atomic E-state index is 2.30. The Hall–Kier alpha value is -2.64. The molecular weight excluding hydrogens is 292 g/mol. The van der Waals surface area contributed by atoms with Crippen molar-refractivity contribution in [1.82, 2.24) is 0 Å². The summed E-state index contributed by atoms with van der Waals surface area (Å²) in [6.45, 7) is 0. The first kappa shape index (κ1) is 12.9. The molecule has 0 N–H and O–H groups in total. The summed E-state index contributed by atoms with van der Waals surface area (Å²) in [5, 5.41) is 8.74. The zero-order valence-electron chi connectivity index (χ0n) is 12.8. The average Bonchev–Trinajstić information content (AvgIpc) is 2.81. The Morgan fingerprint density at radius 2 is 0.957 bits per heavy atom. The smallest absolute Gasteiger partial charge is 0.0616 e. The average molecular weight is 308 g/mol. The van der Waals surface area contributed by atoms with E-state index in [4.69, 9.17) is 0 Å². The molecule has 1 heterocycles. The summed E-state index contributed by atoms with van der Waals surface area (Å²) >= 11 is 0. The van der Waals surface area contributed by atoms with Crippen LogP contribution < -0.4 is 10.4 Å². The highest BCUT2D eigenvalue weighted by Crippen LogP contribution is 2.20. The lowest BCUT2D eigenvalue weighted by molar-refractivity contribution is 1.75. The first-order valence-corrected chi connectivity index (χ1v) is 9.51. The van der Waals surface area contributed by atoms with Crippen LogP contribution in [-0.4, -0.2) is 9.52 Å². The van der Waals surface area contributed by atoms with Gasteiger partial charge in [-0.2, -0.15) is 0 Å². The van der Waals surface area contributed by atoms with Crippen LogP contribution in [0.25, 0.3) is 33.7 Å². The molecule has 0 amide bonds. The van der Waals surface area contributed by atoms with Gasteiger partial charge in [0.2, 0.25) is 0 Å². The molecule has 0 aliphatic carbocycles. The Morgan fingerprint density at radius 3 is 1.48 bits per heavy atom. The highest BCUT2D eigenvalue weighted by atomic mass is 28.2. The monoisotopic (exact) mass is 308 g/mol. The van der Waals surface area contributed by atoms with Gasteiger partial charge in [-0.3, -0.25) is 0 Å². The summed E-state index contributed by atoms with van der Waals surface area (Å²) in [5.41, 5.74) is 2.80. The lowest BCUT2D eigenvalue weighted by atomic mass is 10.0. The molecule has 0 radical (unpaired) electrons. The molecule has 4 aromatic rings. The summed E-state index contributed by atoms with van der Waals surface area (Å²) in [6, 6.07) is 26.7. The van der Waals surface area contributed by atoms with Crippen molar-refractivity contribution in [3.63, 3.8) is 0 Å². The van der Waals surface area contributed by atoms with E-state index >= 15 is 0 Å². The van der Waals surface area contributed by atoms with E-state index < -0.39 is 9.52 Å². The van der Waals surface area contributed by atoms with Crippen LogP contribution in [0.5, 0.6) is 0 Å². The third-order valence-corrected chi connectivity index (χ3v) is 7.24. The number of hydrogen-bond donors (Lipinski definition) is 0. The molecule has 108 valence electrons. The van der Waals surface area contributed by atoms with E-state index in [9.17, 15) is 0 Å². The second kappa shape index (κ2) is 4.93. The van der Waals surface area contributed by atoms with Gasteiger partial charge in [0.1, 0.15) is 0 Å². The largest absolute Gasteiger partial charge is 0.0907 e. The molecule has 0 saturated carbocycles. The quantitative estimate of drug-likeness (QED) is 0.384. The summed E-state index contributed by atoms with van der Waals surface area (Å²) in [5.74, 6) is 0. The van der Waals surface area contributed by atoms with Crippen LogP contribution in [0.1, 0.15) is 11.1 Å². The van der Waals surface area contributed by atoms with E-state index in [1.54, 1.807) is 10.4 Å². The molecule has 4 aromatic carbocycles. The molecule has 0 atom stereocenters. The number of hydrogen-bond acceptors (Lipinski definition) is 0. The van der Waals surface area contributed by atoms with Gasteiger partial charge in [0.25, 0.3) is 0 Å². The maximum Gasteiger partial charge on any atom is 0.0907 e. The van der Waals surface area contributed by atoms with E-state index in [0.717, 1.165) is 0 Å². The predicted octanol–water partition coefficient (Wildman–Crippen LogP) is 3.60. The van der Waals surface area contributed by atoms with Crippen molar-refractivity contribution >= 4 is 53.6 Å². The van der Waals surface area contributed by atoms with Crippen LogP contribution in [0, 0.1) is 0 Å². The Labute approximate surface area is 137 Å². The molecule has 0 aromatic heterocycles. The third kappa shape index (κ3) is 1.97. The van der Waals surface area contributed by atoms with Gasteiger partial charge in [-0.05, 0) is 43.0 Å². The second-order valence-corrected chi connectivity index (χ2v) is 7.99. The number of benzene rings is 4. The van der Waals surface area contributed by atoms with Crippen molar-refractivity contribution in [2.45, 2.75) is 0 Å². The van der Waals surface area contributed by atoms with Crippen molar-refractivity contribution in [1.29, 1.82) is 0 Å². The Kier molecular flexibility index (Phi) is 2.76. The lowest BCUT2D eigenvalue weighted by Crippen LogP contribution is -2.31. The van der Waals surface area contributed by atoms with Gasteiger partial charge in [0.15, 0.2) is 0 Å². The van der Waals surface area contributed by atoms with Crippen LogP contribution >= 0.6 is 0 Å². The first-order valence-electron chi connectivity index (χ1n) is 8.09. The summed E-state index contributed by atoms with van der Waals surface area (Å²) in [4.78, 5) is 0. The topological polar surface area (TPSA) is 0 Å². The summed E-state index contributed by atoms with van der Waals surface area (Å²) < 4.78 is 0. The fourth-order valence-corrected chi connectivity index (χ4v) is 6.03. The zero-order chi connectivity index (χ0) is 15.2. The van der Waals surface area contributed by atoms with Crippen molar-refractivity contribution in [3.05, 3.63) is 83.9 Å². The van der Waals surface area contributed by atoms with Gasteiger partial charge >= 0.3 is 0 Å². The highest BCUT2D eigenvalue weighted by Gasteiger charge is 2.14. The maximum absolute atomic E-state index is 2.30. The normalized spacial score (nSPS) is 12.9. The minimum Gasteiger partial charge on any atom is -0.0616 e. The van der Waals surface area contributed by atoms with E-state index in [0.29, 0.717) is 0 Å². The van der Waals surface area contributed by atoms with Crippen molar-refractivity contribution in [2.24, 2.45) is 0 Å². The van der Waals surface area contributed by atoms with Crippen LogP contribution in [0.2, 0.25) is 0 Å². The molecule has 0 spiro atoms. The van der Waals surface area contributed by atoms with E-state index in [-0.39, 0.29) is 0 Å². The van der Waals surface area contributed by atoms with E-state index in [1.807, 2.05) is 0 Å². The van der Waals surface area contributed by atoms with Gasteiger partial charge in [-0.1, -0.05) is 84.9 Å². The fourth-order valence-electron chi connectivity index (χ4n) is 3.77. The van der Waals surface area contributed by atoms with Crippen molar-refractivity contribution in [2.75, 3.05) is 0 Å². The molecule has 23 heavy (non-hydrogen) atoms. The van der Waals surface area contributed by atoms with E-state index in [2.05, 4.69) is 84.9 Å². The lowest BCUT2D eigenvalue weighted by Gasteiger charge is -2.12. The van der Waals surface area contributed by atoms with E-state index in [1.165, 1.54) is 32.7 Å². The first-order chi connectivity index (χ1) is 11.4. The fraction of sp³-hybridized carbons (Fsp3) is 0. The molecule has 1 heteroatoms. The highest BCUT2D eigenvalue weighted by molar-refractivity contribution is 6.74. The molecule has 5 rings (SSSR count). The standard InChI is InChI=1S/C22H16Si/c1-3-7-19-15(5-1)9-11-17-13-14-18-12-10-16-6-2-4-8-20(16)22(18)23-21(17)19/h1-14H,23H2. The molecule has 0 nitrogen and oxygen atoms in total. The Bertz CT molecular complexity index is 1000. The zero-order valence-corrected chi connectivity index (χ0v) is 14.2. The molecule has 1 aliphatic heterocycles. The Balaban J connectivity index is 1.85. The molecule has 0 unspecified atom stereocenters. The van der Waals surface area contributed by atoms with Crippen LogP contribution in [0.4, 0.5) is 0 Å². The van der Waals surface area contributed by atoms with Crippen LogP contribution in [0.15, 0.2) is 72.8 Å². The van der Waals surface area contributed by atoms with Gasteiger partial charge in [0, 0.05) is 0 Å². The SMILES string of the molecule is C1=Cc2ccc3ccccc3c2[SiH2]c2c1ccc1ccccc21. The van der Waals surface area contributed by atoms with Gasteiger partial charge in [0.05, 0.1) is 9.52 Å². The second-order valence-electron chi connectivity index (χ2n) is 6.22. The molecular formula is C22H16Si. The number of rotatable bonds is 0. The van der Waals surface area contributed by atoms with Gasteiger partial charge < -0.3 is 0 Å². The van der Waals surface area contributed by atoms with Crippen molar-refractivity contribution < 1.29 is 0 Å². The van der Waals surface area contributed by atoms with Gasteiger partial charge in [-0.25, -0.2) is 0 Å². The molecule has 0 saturated heterocycles. The molecule has 0 fully saturated rings. The van der Waals surface area contributed by atoms with Crippen molar-refractivity contribution in [3.8, 4) is 0 Å². The van der Waals surface area contributed by atoms with Crippen LogP contribution in [-0.2, 0) is 0 Å². The predicted molar refractivity (Wildman–Crippen MR) is 105 cm³/mol. The third-order valence-electron chi connectivity index (χ3n) is 4.95.